The van der Waals surface area contributed by atoms with E-state index in [1.807, 2.05) is 6.07 Å². The molecular weight excluding hydrogens is 449 g/mol. The molecule has 2 aromatic carbocycles. The van der Waals surface area contributed by atoms with Gasteiger partial charge in [0.25, 0.3) is 5.91 Å². The van der Waals surface area contributed by atoms with Crippen LogP contribution in [0, 0.1) is 18.3 Å². The molecule has 0 saturated carbocycles. The van der Waals surface area contributed by atoms with Crippen molar-refractivity contribution in [3.05, 3.63) is 92.9 Å². The molecule has 0 fully saturated rings. The normalized spacial score (nSPS) is 11.2. The maximum atomic E-state index is 13.6. The number of methoxy groups -OCH3 is 1. The van der Waals surface area contributed by atoms with Crippen LogP contribution < -0.4 is 5.43 Å². The van der Waals surface area contributed by atoms with Crippen molar-refractivity contribution < 1.29 is 22.7 Å². The highest BCUT2D eigenvalue weighted by atomic mass is 19.4. The number of nitrogens with zero attached hydrogens (tertiary/aromatic N) is 4. The van der Waals surface area contributed by atoms with E-state index >= 15 is 0 Å². The Balaban J connectivity index is 2.04. The first-order chi connectivity index (χ1) is 16.2. The maximum Gasteiger partial charge on any atom is 0.418 e. The van der Waals surface area contributed by atoms with Crippen LogP contribution in [0.5, 0.6) is 0 Å². The van der Waals surface area contributed by atoms with Crippen molar-refractivity contribution in [2.24, 2.45) is 0 Å². The van der Waals surface area contributed by atoms with Crippen molar-refractivity contribution in [2.75, 3.05) is 20.3 Å². The van der Waals surface area contributed by atoms with Crippen molar-refractivity contribution in [3.63, 3.8) is 0 Å². The first-order valence-corrected chi connectivity index (χ1v) is 10.2. The van der Waals surface area contributed by atoms with Crippen LogP contribution in [0.25, 0.3) is 5.69 Å². The molecular formula is C24H21F3N4O3. The van der Waals surface area contributed by atoms with Crippen LogP contribution in [0.15, 0.2) is 59.4 Å². The molecule has 0 atom stereocenters. The minimum absolute atomic E-state index is 0.0854. The number of aromatic nitrogens is 2. The van der Waals surface area contributed by atoms with E-state index in [1.54, 1.807) is 24.3 Å². The molecule has 1 amide bonds. The Kier molecular flexibility index (Phi) is 7.48. The van der Waals surface area contributed by atoms with E-state index in [1.165, 1.54) is 37.1 Å². The summed E-state index contributed by atoms with van der Waals surface area (Å²) >= 11 is 0. The lowest BCUT2D eigenvalue weighted by molar-refractivity contribution is -0.137. The van der Waals surface area contributed by atoms with Gasteiger partial charge in [-0.25, -0.2) is 4.68 Å². The van der Waals surface area contributed by atoms with E-state index in [2.05, 4.69) is 5.10 Å². The van der Waals surface area contributed by atoms with Crippen LogP contribution in [-0.4, -0.2) is 40.8 Å². The highest BCUT2D eigenvalue weighted by Crippen LogP contribution is 2.33. The van der Waals surface area contributed by atoms with Gasteiger partial charge < -0.3 is 9.64 Å². The molecule has 0 aliphatic rings. The molecule has 0 unspecified atom stereocenters. The number of ether oxygens (including phenoxy) is 1. The third kappa shape index (κ3) is 5.50. The van der Waals surface area contributed by atoms with Crippen molar-refractivity contribution in [3.8, 4) is 11.8 Å². The van der Waals surface area contributed by atoms with E-state index in [0.717, 1.165) is 16.8 Å². The fourth-order valence-electron chi connectivity index (χ4n) is 3.35. The van der Waals surface area contributed by atoms with E-state index in [4.69, 9.17) is 10.00 Å². The van der Waals surface area contributed by atoms with Crippen LogP contribution in [0.2, 0.25) is 0 Å². The number of hydrogen-bond acceptors (Lipinski definition) is 5. The van der Waals surface area contributed by atoms with E-state index in [-0.39, 0.29) is 31.1 Å². The van der Waals surface area contributed by atoms with Gasteiger partial charge in [-0.3, -0.25) is 9.59 Å². The Bertz CT molecular complexity index is 1280. The van der Waals surface area contributed by atoms with Gasteiger partial charge in [-0.05, 0) is 36.8 Å². The highest BCUT2D eigenvalue weighted by molar-refractivity contribution is 5.92. The van der Waals surface area contributed by atoms with Crippen molar-refractivity contribution in [1.82, 2.24) is 14.7 Å². The lowest BCUT2D eigenvalue weighted by Crippen LogP contribution is -2.38. The Hall–Kier alpha value is -3.97. The molecule has 34 heavy (non-hydrogen) atoms. The highest BCUT2D eigenvalue weighted by Gasteiger charge is 2.34. The number of carbonyl (C=O) groups excluding carboxylic acids is 1. The Morgan fingerprint density at radius 1 is 1.18 bits per heavy atom. The summed E-state index contributed by atoms with van der Waals surface area (Å²) in [6.45, 7) is 1.81. The van der Waals surface area contributed by atoms with Gasteiger partial charge in [-0.2, -0.15) is 23.5 Å². The standard InChI is InChI=1S/C24H21F3N4O3/c1-16-13-21(32)22(29-31(16)20-6-4-3-5-19(20)24(25,26)27)23(33)30(11-12-34-2)15-18-9-7-17(14-28)8-10-18/h3-10,13H,11-12,15H2,1-2H3. The minimum atomic E-state index is -4.65. The lowest BCUT2D eigenvalue weighted by atomic mass is 10.1. The smallest absolute Gasteiger partial charge is 0.383 e. The fourth-order valence-corrected chi connectivity index (χ4v) is 3.35. The molecule has 3 aromatic rings. The number of rotatable bonds is 7. The Morgan fingerprint density at radius 3 is 2.47 bits per heavy atom. The van der Waals surface area contributed by atoms with Crippen LogP contribution in [0.3, 0.4) is 0 Å². The number of aryl methyl sites for hydroxylation is 1. The summed E-state index contributed by atoms with van der Waals surface area (Å²) in [4.78, 5) is 27.3. The monoisotopic (exact) mass is 470 g/mol. The summed E-state index contributed by atoms with van der Waals surface area (Å²) in [7, 11) is 1.45. The van der Waals surface area contributed by atoms with Gasteiger partial charge >= 0.3 is 6.18 Å². The van der Waals surface area contributed by atoms with Crippen LogP contribution in [-0.2, 0) is 17.5 Å². The van der Waals surface area contributed by atoms with Crippen molar-refractivity contribution in [1.29, 1.82) is 5.26 Å². The average Bonchev–Trinajstić information content (AvgIpc) is 2.81. The SMILES string of the molecule is COCCN(Cc1ccc(C#N)cc1)C(=O)c1nn(-c2ccccc2C(F)(F)F)c(C)cc1=O. The number of nitriles is 1. The van der Waals surface area contributed by atoms with Crippen LogP contribution in [0.1, 0.15) is 32.9 Å². The van der Waals surface area contributed by atoms with Gasteiger partial charge in [0.2, 0.25) is 5.43 Å². The zero-order chi connectivity index (χ0) is 24.9. The number of alkyl halides is 3. The Labute approximate surface area is 193 Å². The number of carbonyl (C=O) groups is 1. The third-order valence-electron chi connectivity index (χ3n) is 5.06. The third-order valence-corrected chi connectivity index (χ3v) is 5.06. The molecule has 0 aliphatic carbocycles. The summed E-state index contributed by atoms with van der Waals surface area (Å²) < 4.78 is 46.7. The second kappa shape index (κ2) is 10.3. The predicted octanol–water partition coefficient (Wildman–Crippen LogP) is 3.72. The van der Waals surface area contributed by atoms with Gasteiger partial charge in [-0.15, -0.1) is 0 Å². The maximum absolute atomic E-state index is 13.6. The molecule has 0 spiro atoms. The van der Waals surface area contributed by atoms with Gasteiger partial charge in [-0.1, -0.05) is 24.3 Å². The molecule has 0 saturated heterocycles. The first kappa shape index (κ1) is 24.7. The molecule has 10 heteroatoms. The molecule has 1 aromatic heterocycles. The van der Waals surface area contributed by atoms with Crippen LogP contribution in [0.4, 0.5) is 13.2 Å². The van der Waals surface area contributed by atoms with E-state index in [9.17, 15) is 22.8 Å². The topological polar surface area (TPSA) is 88.2 Å². The molecule has 1 heterocycles. The number of amides is 1. The van der Waals surface area contributed by atoms with E-state index < -0.39 is 28.8 Å². The molecule has 7 nitrogen and oxygen atoms in total. The second-order valence-electron chi connectivity index (χ2n) is 7.45. The molecule has 0 aliphatic heterocycles. The molecule has 176 valence electrons. The first-order valence-electron chi connectivity index (χ1n) is 10.2. The second-order valence-corrected chi connectivity index (χ2v) is 7.45. The quantitative estimate of drug-likeness (QED) is 0.525. The summed E-state index contributed by atoms with van der Waals surface area (Å²) in [6, 6.07) is 14.4. The van der Waals surface area contributed by atoms with Crippen molar-refractivity contribution >= 4 is 5.91 Å². The number of hydrogen-bond donors (Lipinski definition) is 0. The molecule has 0 N–H and O–H groups in total. The predicted molar refractivity (Wildman–Crippen MR) is 117 cm³/mol. The summed E-state index contributed by atoms with van der Waals surface area (Å²) in [5, 5.41) is 13.0. The zero-order valence-electron chi connectivity index (χ0n) is 18.5. The summed E-state index contributed by atoms with van der Waals surface area (Å²) in [5.41, 5.74) is -1.16. The molecule has 0 radical (unpaired) electrons. The van der Waals surface area contributed by atoms with Crippen LogP contribution >= 0.6 is 0 Å². The van der Waals surface area contributed by atoms with Gasteiger partial charge in [0.15, 0.2) is 5.69 Å². The van der Waals surface area contributed by atoms with Gasteiger partial charge in [0, 0.05) is 32.0 Å². The number of para-hydroxylation sites is 1. The zero-order valence-corrected chi connectivity index (χ0v) is 18.5. The fraction of sp³-hybridized carbons (Fsp3) is 0.250. The molecule has 0 bridgehead atoms. The summed E-state index contributed by atoms with van der Waals surface area (Å²) in [5.74, 6) is -0.746. The molecule has 3 rings (SSSR count). The average molecular weight is 470 g/mol. The number of benzene rings is 2. The Morgan fingerprint density at radius 2 is 1.85 bits per heavy atom. The largest absolute Gasteiger partial charge is 0.418 e. The van der Waals surface area contributed by atoms with Gasteiger partial charge in [0.1, 0.15) is 0 Å². The van der Waals surface area contributed by atoms with E-state index in [0.29, 0.717) is 11.1 Å². The van der Waals surface area contributed by atoms with Crippen molar-refractivity contribution in [2.45, 2.75) is 19.6 Å². The number of halogens is 3. The van der Waals surface area contributed by atoms with Gasteiger partial charge in [0.05, 0.1) is 29.5 Å². The lowest BCUT2D eigenvalue weighted by Gasteiger charge is -2.23. The minimum Gasteiger partial charge on any atom is -0.383 e. The summed E-state index contributed by atoms with van der Waals surface area (Å²) in [6.07, 6.45) is -4.65.